The van der Waals surface area contributed by atoms with Crippen molar-refractivity contribution in [2.45, 2.75) is 24.9 Å². The summed E-state index contributed by atoms with van der Waals surface area (Å²) in [6.07, 6.45) is -0.799. The highest BCUT2D eigenvalue weighted by molar-refractivity contribution is 5.89. The largest absolute Gasteiger partial charge is 0.459 e. The van der Waals surface area contributed by atoms with Crippen LogP contribution < -0.4 is 5.73 Å². The van der Waals surface area contributed by atoms with Gasteiger partial charge in [0.25, 0.3) is 0 Å². The van der Waals surface area contributed by atoms with Crippen LogP contribution in [0.3, 0.4) is 0 Å². The second-order valence-electron chi connectivity index (χ2n) is 4.01. The van der Waals surface area contributed by atoms with E-state index in [-0.39, 0.29) is 12.7 Å². The fraction of sp³-hybridized carbons (Fsp3) is 0.417. The molecular weight excluding hydrogens is 222 g/mol. The van der Waals surface area contributed by atoms with E-state index in [1.807, 2.05) is 6.07 Å². The highest BCUT2D eigenvalue weighted by Crippen LogP contribution is 2.17. The molecule has 0 unspecified atom stereocenters. The van der Waals surface area contributed by atoms with Gasteiger partial charge in [0.2, 0.25) is 0 Å². The van der Waals surface area contributed by atoms with E-state index in [0.29, 0.717) is 12.0 Å². The summed E-state index contributed by atoms with van der Waals surface area (Å²) in [5.41, 5.74) is 6.07. The lowest BCUT2D eigenvalue weighted by Crippen LogP contribution is -2.29. The molecule has 1 saturated heterocycles. The first-order valence-electron chi connectivity index (χ1n) is 5.48. The summed E-state index contributed by atoms with van der Waals surface area (Å²) >= 11 is 0. The van der Waals surface area contributed by atoms with Gasteiger partial charge in [-0.15, -0.1) is 0 Å². The lowest BCUT2D eigenvalue weighted by atomic mass is 10.2. The van der Waals surface area contributed by atoms with E-state index in [2.05, 4.69) is 0 Å². The van der Waals surface area contributed by atoms with Gasteiger partial charge in [-0.25, -0.2) is 4.79 Å². The van der Waals surface area contributed by atoms with Gasteiger partial charge in [-0.1, -0.05) is 18.2 Å². The Morgan fingerprint density at radius 2 is 2.18 bits per heavy atom. The highest BCUT2D eigenvalue weighted by atomic mass is 16.6. The third-order valence-electron chi connectivity index (χ3n) is 2.64. The molecule has 1 aromatic carbocycles. The average molecular weight is 237 g/mol. The maximum absolute atomic E-state index is 11.6. The van der Waals surface area contributed by atoms with Crippen LogP contribution in [0.15, 0.2) is 30.3 Å². The number of carbonyl (C=O) groups excluding carboxylic acids is 1. The Morgan fingerprint density at radius 1 is 1.47 bits per heavy atom. The minimum Gasteiger partial charge on any atom is -0.459 e. The molecule has 0 bridgehead atoms. The summed E-state index contributed by atoms with van der Waals surface area (Å²) in [5, 5.41) is 9.26. The molecule has 5 nitrogen and oxygen atoms in total. The molecule has 1 heterocycles. The molecule has 0 amide bonds. The molecule has 17 heavy (non-hydrogen) atoms. The molecule has 2 rings (SSSR count). The zero-order valence-electron chi connectivity index (χ0n) is 9.28. The Labute approximate surface area is 99.1 Å². The molecule has 0 radical (unpaired) electrons. The van der Waals surface area contributed by atoms with E-state index >= 15 is 0 Å². The van der Waals surface area contributed by atoms with Crippen molar-refractivity contribution >= 4 is 5.97 Å². The van der Waals surface area contributed by atoms with Crippen molar-refractivity contribution in [2.75, 3.05) is 6.61 Å². The maximum atomic E-state index is 11.6. The number of aliphatic hydroxyl groups is 1. The first-order valence-corrected chi connectivity index (χ1v) is 5.48. The highest BCUT2D eigenvalue weighted by Gasteiger charge is 2.31. The minimum atomic E-state index is -0.963. The van der Waals surface area contributed by atoms with Gasteiger partial charge in [-0.2, -0.15) is 0 Å². The fourth-order valence-electron chi connectivity index (χ4n) is 1.71. The van der Waals surface area contributed by atoms with Gasteiger partial charge in [0.05, 0.1) is 17.7 Å². The van der Waals surface area contributed by atoms with E-state index in [9.17, 15) is 9.90 Å². The Morgan fingerprint density at radius 3 is 2.76 bits per heavy atom. The van der Waals surface area contributed by atoms with Crippen molar-refractivity contribution < 1.29 is 19.4 Å². The number of carbonyl (C=O) groups is 1. The standard InChI is InChI=1S/C12H15NO4/c13-10-6-9(17-12(10)15)7-16-11(14)8-4-2-1-3-5-8/h1-5,9-10,12,15H,6-7,13H2/t9-,10+,12+/m0/s1. The maximum Gasteiger partial charge on any atom is 0.338 e. The van der Waals surface area contributed by atoms with Crippen molar-refractivity contribution in [1.29, 1.82) is 0 Å². The van der Waals surface area contributed by atoms with Crippen molar-refractivity contribution in [3.8, 4) is 0 Å². The molecule has 0 spiro atoms. The summed E-state index contributed by atoms with van der Waals surface area (Å²) in [5.74, 6) is -0.399. The monoisotopic (exact) mass is 237 g/mol. The van der Waals surface area contributed by atoms with Crippen molar-refractivity contribution in [3.05, 3.63) is 35.9 Å². The summed E-state index contributed by atoms with van der Waals surface area (Å²) in [6, 6.07) is 8.31. The van der Waals surface area contributed by atoms with Crippen LogP contribution in [0, 0.1) is 0 Å². The molecule has 1 aliphatic heterocycles. The Kier molecular flexibility index (Phi) is 3.73. The van der Waals surface area contributed by atoms with Crippen LogP contribution in [-0.4, -0.2) is 36.1 Å². The zero-order chi connectivity index (χ0) is 12.3. The first-order chi connectivity index (χ1) is 8.16. The molecule has 3 N–H and O–H groups in total. The predicted octanol–water partition coefficient (Wildman–Crippen LogP) is 0.278. The number of esters is 1. The van der Waals surface area contributed by atoms with Gasteiger partial charge >= 0.3 is 5.97 Å². The van der Waals surface area contributed by atoms with Gasteiger partial charge in [0, 0.05) is 0 Å². The van der Waals surface area contributed by atoms with E-state index in [0.717, 1.165) is 0 Å². The molecular formula is C12H15NO4. The Bertz CT molecular complexity index is 371. The lowest BCUT2D eigenvalue weighted by Gasteiger charge is -2.10. The first kappa shape index (κ1) is 12.0. The third-order valence-corrected chi connectivity index (χ3v) is 2.64. The van der Waals surface area contributed by atoms with Crippen molar-refractivity contribution in [1.82, 2.24) is 0 Å². The van der Waals surface area contributed by atoms with Crippen LogP contribution in [0.4, 0.5) is 0 Å². The average Bonchev–Trinajstić information content (AvgIpc) is 2.67. The summed E-state index contributed by atoms with van der Waals surface area (Å²) in [4.78, 5) is 11.6. The molecule has 1 fully saturated rings. The zero-order valence-corrected chi connectivity index (χ0v) is 9.28. The Hall–Kier alpha value is -1.43. The minimum absolute atomic E-state index is 0.110. The van der Waals surface area contributed by atoms with Crippen LogP contribution in [-0.2, 0) is 9.47 Å². The second-order valence-corrected chi connectivity index (χ2v) is 4.01. The number of ether oxygens (including phenoxy) is 2. The molecule has 1 aromatic rings. The molecule has 92 valence electrons. The summed E-state index contributed by atoms with van der Waals surface area (Å²) in [7, 11) is 0. The van der Waals surface area contributed by atoms with Crippen molar-refractivity contribution in [2.24, 2.45) is 5.73 Å². The molecule has 3 atom stereocenters. The second kappa shape index (κ2) is 5.27. The number of nitrogens with two attached hydrogens (primary N) is 1. The quantitative estimate of drug-likeness (QED) is 0.738. The van der Waals surface area contributed by atoms with Crippen LogP contribution in [0.25, 0.3) is 0 Å². The molecule has 1 aliphatic rings. The number of hydrogen-bond donors (Lipinski definition) is 2. The fourth-order valence-corrected chi connectivity index (χ4v) is 1.71. The van der Waals surface area contributed by atoms with Gasteiger partial charge < -0.3 is 20.3 Å². The van der Waals surface area contributed by atoms with E-state index in [4.69, 9.17) is 15.2 Å². The van der Waals surface area contributed by atoms with E-state index in [1.54, 1.807) is 24.3 Å². The number of hydrogen-bond acceptors (Lipinski definition) is 5. The SMILES string of the molecule is N[C@@H]1C[C@@H](COC(=O)c2ccccc2)O[C@H]1O. The number of rotatable bonds is 3. The van der Waals surface area contributed by atoms with Gasteiger partial charge in [0.1, 0.15) is 6.61 Å². The smallest absolute Gasteiger partial charge is 0.338 e. The summed E-state index contributed by atoms with van der Waals surface area (Å²) in [6.45, 7) is 0.110. The normalized spacial score (nSPS) is 28.0. The topological polar surface area (TPSA) is 81.8 Å². The van der Waals surface area contributed by atoms with Crippen LogP contribution in [0.2, 0.25) is 0 Å². The molecule has 0 aromatic heterocycles. The van der Waals surface area contributed by atoms with Crippen LogP contribution >= 0.6 is 0 Å². The molecule has 5 heteroatoms. The number of benzene rings is 1. The van der Waals surface area contributed by atoms with Gasteiger partial charge in [-0.05, 0) is 18.6 Å². The van der Waals surface area contributed by atoms with Gasteiger partial charge in [0.15, 0.2) is 6.29 Å². The predicted molar refractivity (Wildman–Crippen MR) is 60.2 cm³/mol. The number of aliphatic hydroxyl groups excluding tert-OH is 1. The van der Waals surface area contributed by atoms with Crippen molar-refractivity contribution in [3.63, 3.8) is 0 Å². The van der Waals surface area contributed by atoms with E-state index < -0.39 is 18.3 Å². The Balaban J connectivity index is 1.81. The third kappa shape index (κ3) is 3.03. The van der Waals surface area contributed by atoms with Gasteiger partial charge in [-0.3, -0.25) is 0 Å². The summed E-state index contributed by atoms with van der Waals surface area (Å²) < 4.78 is 10.2. The molecule has 0 aliphatic carbocycles. The van der Waals surface area contributed by atoms with E-state index in [1.165, 1.54) is 0 Å². The molecule has 0 saturated carbocycles. The van der Waals surface area contributed by atoms with Crippen LogP contribution in [0.1, 0.15) is 16.8 Å². The lowest BCUT2D eigenvalue weighted by molar-refractivity contribution is -0.107. The van der Waals surface area contributed by atoms with Crippen LogP contribution in [0.5, 0.6) is 0 Å².